The van der Waals surface area contributed by atoms with Gasteiger partial charge in [-0.05, 0) is 18.6 Å². The molecule has 10 heteroatoms. The maximum Gasteiger partial charge on any atom is 0.272 e. The Morgan fingerprint density at radius 3 is 2.66 bits per heavy atom. The highest BCUT2D eigenvalue weighted by Gasteiger charge is 2.10. The van der Waals surface area contributed by atoms with Crippen LogP contribution in [0.25, 0.3) is 17.1 Å². The van der Waals surface area contributed by atoms with Gasteiger partial charge in [-0.25, -0.2) is 23.4 Å². The van der Waals surface area contributed by atoms with E-state index in [1.807, 2.05) is 37.4 Å². The fourth-order valence-corrected chi connectivity index (χ4v) is 3.07. The third-order valence-electron chi connectivity index (χ3n) is 4.65. The van der Waals surface area contributed by atoms with Crippen molar-refractivity contribution in [3.8, 4) is 22.8 Å². The zero-order valence-electron chi connectivity index (χ0n) is 17.2. The molecule has 0 unspecified atom stereocenters. The number of aryl methyl sites for hydroxylation is 1. The molecule has 0 fully saturated rings. The van der Waals surface area contributed by atoms with Gasteiger partial charge in [0.25, 0.3) is 6.43 Å². The van der Waals surface area contributed by atoms with Gasteiger partial charge in [0.05, 0.1) is 24.8 Å². The lowest BCUT2D eigenvalue weighted by atomic mass is 10.1. The Hall–Kier alpha value is -3.95. The minimum Gasteiger partial charge on any atom is -0.484 e. The molecule has 0 atom stereocenters. The maximum atomic E-state index is 12.4. The average Bonchev–Trinajstić information content (AvgIpc) is 3.29. The number of rotatable bonds is 8. The molecule has 3 heterocycles. The van der Waals surface area contributed by atoms with E-state index in [1.54, 1.807) is 21.8 Å². The van der Waals surface area contributed by atoms with Crippen LogP contribution in [0.15, 0.2) is 66.1 Å². The summed E-state index contributed by atoms with van der Waals surface area (Å²) in [6, 6.07) is 8.90. The molecule has 164 valence electrons. The van der Waals surface area contributed by atoms with Crippen molar-refractivity contribution in [3.63, 3.8) is 0 Å². The van der Waals surface area contributed by atoms with E-state index in [0.717, 1.165) is 23.4 Å². The molecule has 0 spiro atoms. The van der Waals surface area contributed by atoms with Crippen LogP contribution in [0.2, 0.25) is 0 Å². The summed E-state index contributed by atoms with van der Waals surface area (Å²) < 4.78 is 32.8. The van der Waals surface area contributed by atoms with E-state index in [9.17, 15) is 13.6 Å². The average molecular weight is 438 g/mol. The van der Waals surface area contributed by atoms with Crippen LogP contribution < -0.4 is 10.2 Å². The van der Waals surface area contributed by atoms with Crippen LogP contribution in [0.5, 0.6) is 5.75 Å². The summed E-state index contributed by atoms with van der Waals surface area (Å²) in [5.41, 5.74) is 2.58. The molecular weight excluding hydrogens is 418 g/mol. The van der Waals surface area contributed by atoms with Crippen molar-refractivity contribution in [2.75, 3.05) is 6.61 Å². The summed E-state index contributed by atoms with van der Waals surface area (Å²) in [6.07, 6.45) is 5.63. The molecule has 0 saturated carbocycles. The Kier molecular flexibility index (Phi) is 6.29. The van der Waals surface area contributed by atoms with Gasteiger partial charge >= 0.3 is 0 Å². The lowest BCUT2D eigenvalue weighted by Gasteiger charge is -2.08. The smallest absolute Gasteiger partial charge is 0.272 e. The normalized spacial score (nSPS) is 11.1. The molecule has 4 rings (SSSR count). The van der Waals surface area contributed by atoms with E-state index in [0.29, 0.717) is 17.9 Å². The number of hydrogen-bond donors (Lipinski definition) is 0. The molecule has 0 saturated heterocycles. The van der Waals surface area contributed by atoms with Crippen molar-refractivity contribution >= 4 is 0 Å². The minimum atomic E-state index is -2.56. The maximum absolute atomic E-state index is 12.4. The topological polar surface area (TPSA) is 87.7 Å². The second-order valence-corrected chi connectivity index (χ2v) is 6.95. The van der Waals surface area contributed by atoms with E-state index in [1.165, 1.54) is 18.5 Å². The molecule has 0 amide bonds. The van der Waals surface area contributed by atoms with Gasteiger partial charge in [0, 0.05) is 30.8 Å². The Labute approximate surface area is 182 Å². The fourth-order valence-electron chi connectivity index (χ4n) is 3.07. The van der Waals surface area contributed by atoms with Crippen LogP contribution >= 0.6 is 0 Å². The van der Waals surface area contributed by atoms with Crippen LogP contribution in [0, 0.1) is 0 Å². The van der Waals surface area contributed by atoms with Gasteiger partial charge in [-0.3, -0.25) is 9.48 Å². The van der Waals surface area contributed by atoms with Gasteiger partial charge < -0.3 is 4.74 Å². The van der Waals surface area contributed by atoms with Crippen LogP contribution in [-0.4, -0.2) is 42.6 Å². The summed E-state index contributed by atoms with van der Waals surface area (Å²) in [7, 11) is 0. The van der Waals surface area contributed by atoms with Crippen molar-refractivity contribution in [2.24, 2.45) is 0 Å². The summed E-state index contributed by atoms with van der Waals surface area (Å²) in [5, 5.41) is 8.71. The zero-order valence-corrected chi connectivity index (χ0v) is 17.2. The number of ether oxygens (including phenoxy) is 1. The molecule has 1 aromatic carbocycles. The second-order valence-electron chi connectivity index (χ2n) is 6.95. The molecule has 8 nitrogen and oxygen atoms in total. The Morgan fingerprint density at radius 1 is 1.12 bits per heavy atom. The summed E-state index contributed by atoms with van der Waals surface area (Å²) in [4.78, 5) is 20.8. The van der Waals surface area contributed by atoms with Crippen LogP contribution in [0.3, 0.4) is 0 Å². The first-order valence-electron chi connectivity index (χ1n) is 9.96. The van der Waals surface area contributed by atoms with Crippen molar-refractivity contribution in [1.82, 2.24) is 29.5 Å². The first-order chi connectivity index (χ1) is 15.5. The predicted octanol–water partition coefficient (Wildman–Crippen LogP) is 3.14. The van der Waals surface area contributed by atoms with E-state index in [4.69, 9.17) is 4.74 Å². The summed E-state index contributed by atoms with van der Waals surface area (Å²) in [6.45, 7) is 2.02. The van der Waals surface area contributed by atoms with Crippen molar-refractivity contribution < 1.29 is 13.5 Å². The molecule has 4 aromatic rings. The van der Waals surface area contributed by atoms with Gasteiger partial charge in [-0.15, -0.1) is 0 Å². The fraction of sp³-hybridized carbons (Fsp3) is 0.227. The van der Waals surface area contributed by atoms with Crippen LogP contribution in [0.1, 0.15) is 18.2 Å². The van der Waals surface area contributed by atoms with Gasteiger partial charge in [0.1, 0.15) is 18.0 Å². The summed E-state index contributed by atoms with van der Waals surface area (Å²) >= 11 is 0. The molecule has 32 heavy (non-hydrogen) atoms. The standard InChI is InChI=1S/C22H20F2N6O2/c1-2-29-13-17(10-27-29)30-7-6-20(31)19(28-30)9-15-4-3-5-16(8-15)22-25-11-18(12-26-22)32-14-21(23)24/h3-8,10-13,21H,2,9,14H2,1H3. The monoisotopic (exact) mass is 438 g/mol. The molecular formula is C22H20F2N6O2. The number of alkyl halides is 2. The molecule has 0 bridgehead atoms. The minimum absolute atomic E-state index is 0.161. The van der Waals surface area contributed by atoms with Gasteiger partial charge in [0.2, 0.25) is 5.43 Å². The lowest BCUT2D eigenvalue weighted by molar-refractivity contribution is 0.0815. The van der Waals surface area contributed by atoms with E-state index in [2.05, 4.69) is 20.2 Å². The van der Waals surface area contributed by atoms with Crippen LogP contribution in [0.4, 0.5) is 8.78 Å². The second kappa shape index (κ2) is 9.46. The highest BCUT2D eigenvalue weighted by Crippen LogP contribution is 2.19. The number of nitrogens with zero attached hydrogens (tertiary/aromatic N) is 6. The number of hydrogen-bond acceptors (Lipinski definition) is 6. The van der Waals surface area contributed by atoms with Gasteiger partial charge in [-0.2, -0.15) is 10.2 Å². The molecule has 0 aliphatic heterocycles. The molecule has 0 aliphatic carbocycles. The number of aromatic nitrogens is 6. The highest BCUT2D eigenvalue weighted by atomic mass is 19.3. The lowest BCUT2D eigenvalue weighted by Crippen LogP contribution is -2.16. The van der Waals surface area contributed by atoms with E-state index < -0.39 is 13.0 Å². The van der Waals surface area contributed by atoms with E-state index >= 15 is 0 Å². The van der Waals surface area contributed by atoms with Crippen molar-refractivity contribution in [3.05, 3.63) is 82.8 Å². The first-order valence-corrected chi connectivity index (χ1v) is 9.96. The third kappa shape index (κ3) is 5.02. The van der Waals surface area contributed by atoms with Gasteiger partial charge in [0.15, 0.2) is 11.6 Å². The van der Waals surface area contributed by atoms with Crippen molar-refractivity contribution in [2.45, 2.75) is 26.3 Å². The SMILES string of the molecule is CCn1cc(-n2ccc(=O)c(Cc3cccc(-c4ncc(OCC(F)F)cn4)c3)n2)cn1. The quantitative estimate of drug-likeness (QED) is 0.420. The van der Waals surface area contributed by atoms with Gasteiger partial charge in [-0.1, -0.05) is 18.2 Å². The van der Waals surface area contributed by atoms with Crippen LogP contribution in [-0.2, 0) is 13.0 Å². The Balaban J connectivity index is 1.54. The zero-order chi connectivity index (χ0) is 22.5. The number of benzene rings is 1. The molecule has 0 aliphatic rings. The third-order valence-corrected chi connectivity index (χ3v) is 4.65. The predicted molar refractivity (Wildman–Crippen MR) is 113 cm³/mol. The first kappa shape index (κ1) is 21.3. The van der Waals surface area contributed by atoms with Crippen molar-refractivity contribution in [1.29, 1.82) is 0 Å². The highest BCUT2D eigenvalue weighted by molar-refractivity contribution is 5.56. The summed E-state index contributed by atoms with van der Waals surface area (Å²) in [5.74, 6) is 0.590. The Morgan fingerprint density at radius 2 is 1.94 bits per heavy atom. The van der Waals surface area contributed by atoms with E-state index in [-0.39, 0.29) is 11.2 Å². The number of halogens is 2. The largest absolute Gasteiger partial charge is 0.484 e. The Bertz CT molecular complexity index is 1250. The molecule has 0 radical (unpaired) electrons. The molecule has 3 aromatic heterocycles. The molecule has 0 N–H and O–H groups in total.